The van der Waals surface area contributed by atoms with Crippen molar-refractivity contribution in [3.8, 4) is 0 Å². The van der Waals surface area contributed by atoms with Crippen LogP contribution in [0.15, 0.2) is 153 Å². The molecule has 5 aromatic carbocycles. The highest BCUT2D eigenvalue weighted by Crippen LogP contribution is 2.62. The third-order valence-corrected chi connectivity index (χ3v) is 17.7. The van der Waals surface area contributed by atoms with Gasteiger partial charge in [0.05, 0.1) is 17.2 Å². The molecule has 4 atom stereocenters. The van der Waals surface area contributed by atoms with E-state index in [2.05, 4.69) is 191 Å². The zero-order chi connectivity index (χ0) is 44.8. The second-order valence-electron chi connectivity index (χ2n) is 23.1. The molecule has 1 saturated heterocycles. The molecule has 6 heteroatoms. The van der Waals surface area contributed by atoms with Crippen molar-refractivity contribution in [3.63, 3.8) is 0 Å². The van der Waals surface area contributed by atoms with Gasteiger partial charge in [0.15, 0.2) is 11.2 Å². The van der Waals surface area contributed by atoms with Gasteiger partial charge in [0.1, 0.15) is 16.7 Å². The highest BCUT2D eigenvalue weighted by atomic mass is 16.3. The first-order valence-electron chi connectivity index (χ1n) is 24.7. The Morgan fingerprint density at radius 2 is 1.38 bits per heavy atom. The molecule has 3 aliphatic carbocycles. The van der Waals surface area contributed by atoms with Gasteiger partial charge in [0, 0.05) is 61.7 Å². The molecule has 5 nitrogen and oxygen atoms in total. The van der Waals surface area contributed by atoms with Gasteiger partial charge in [0.2, 0.25) is 0 Å². The zero-order valence-corrected chi connectivity index (χ0v) is 39.7. The van der Waals surface area contributed by atoms with Crippen molar-refractivity contribution in [2.75, 3.05) is 9.80 Å². The van der Waals surface area contributed by atoms with E-state index in [9.17, 15) is 0 Å². The van der Waals surface area contributed by atoms with Crippen molar-refractivity contribution in [3.05, 3.63) is 155 Å². The van der Waals surface area contributed by atoms with E-state index in [1.165, 1.54) is 91.4 Å². The Kier molecular flexibility index (Phi) is 7.60. The quantitative estimate of drug-likeness (QED) is 0.162. The number of nitrogens with zero attached hydrogens (tertiary/aromatic N) is 3. The SMILES string of the molecule is CC(C)(C)c1ccc2c(c1)C1(C)CCCCC1(C)N2C1C=C2C3=C(C1)n1c4c(cccc4c4oc5ccccc5c41)B3C1=CCC(C(C)(C)C)C=C1N2c1cccc2c1oc1ccccc12. The number of hydrogen-bond donors (Lipinski definition) is 0. The smallest absolute Gasteiger partial charge is 0.251 e. The minimum absolute atomic E-state index is 0.0132. The van der Waals surface area contributed by atoms with Gasteiger partial charge >= 0.3 is 0 Å². The summed E-state index contributed by atoms with van der Waals surface area (Å²) in [7, 11) is 0. The number of allylic oxidation sites excluding steroid dienone is 4. The number of fused-ring (bicyclic) bond motifs is 15. The van der Waals surface area contributed by atoms with Crippen molar-refractivity contribution in [2.24, 2.45) is 11.3 Å². The number of para-hydroxylation sites is 4. The van der Waals surface area contributed by atoms with Crippen molar-refractivity contribution in [1.29, 1.82) is 0 Å². The van der Waals surface area contributed by atoms with Crippen molar-refractivity contribution in [1.82, 2.24) is 4.57 Å². The predicted octanol–water partition coefficient (Wildman–Crippen LogP) is 14.9. The lowest BCUT2D eigenvalue weighted by Crippen LogP contribution is -2.60. The Balaban J connectivity index is 1.11. The van der Waals surface area contributed by atoms with Gasteiger partial charge in [-0.3, -0.25) is 0 Å². The second-order valence-corrected chi connectivity index (χ2v) is 23.1. The maximum absolute atomic E-state index is 7.02. The molecule has 6 heterocycles. The lowest BCUT2D eigenvalue weighted by Gasteiger charge is -2.54. The van der Waals surface area contributed by atoms with Gasteiger partial charge < -0.3 is 23.2 Å². The molecule has 1 saturated carbocycles. The second kappa shape index (κ2) is 12.8. The third-order valence-electron chi connectivity index (χ3n) is 17.7. The van der Waals surface area contributed by atoms with Gasteiger partial charge in [-0.15, -0.1) is 0 Å². The van der Waals surface area contributed by atoms with E-state index in [1.807, 2.05) is 0 Å². The molecule has 328 valence electrons. The summed E-state index contributed by atoms with van der Waals surface area (Å²) in [6.45, 7) is 19.6. The average Bonchev–Trinajstić information content (AvgIpc) is 4.02. The molecule has 0 radical (unpaired) electrons. The van der Waals surface area contributed by atoms with Gasteiger partial charge in [-0.05, 0) is 113 Å². The van der Waals surface area contributed by atoms with E-state index in [4.69, 9.17) is 8.83 Å². The van der Waals surface area contributed by atoms with E-state index in [-0.39, 0.29) is 34.5 Å². The van der Waals surface area contributed by atoms with E-state index >= 15 is 0 Å². The molecule has 0 spiro atoms. The Bertz CT molecular complexity index is 3590. The molecule has 66 heavy (non-hydrogen) atoms. The summed E-state index contributed by atoms with van der Waals surface area (Å²) >= 11 is 0. The van der Waals surface area contributed by atoms with Crippen LogP contribution < -0.4 is 15.3 Å². The van der Waals surface area contributed by atoms with Crippen LogP contribution in [0.4, 0.5) is 11.4 Å². The van der Waals surface area contributed by atoms with Gasteiger partial charge in [-0.25, -0.2) is 0 Å². The van der Waals surface area contributed by atoms with Crippen LogP contribution in [0.1, 0.15) is 105 Å². The van der Waals surface area contributed by atoms with Crippen molar-refractivity contribution in [2.45, 2.75) is 116 Å². The van der Waals surface area contributed by atoms with Crippen LogP contribution >= 0.6 is 0 Å². The third kappa shape index (κ3) is 4.88. The molecular formula is C60H58BN3O2. The van der Waals surface area contributed by atoms with E-state index < -0.39 is 0 Å². The zero-order valence-electron chi connectivity index (χ0n) is 39.7. The minimum atomic E-state index is -0.0791. The molecule has 4 unspecified atom stereocenters. The Morgan fingerprint density at radius 1 is 0.667 bits per heavy atom. The van der Waals surface area contributed by atoms with Crippen molar-refractivity contribution < 1.29 is 8.83 Å². The summed E-state index contributed by atoms with van der Waals surface area (Å²) in [6.07, 6.45) is 14.7. The van der Waals surface area contributed by atoms with E-state index in [0.717, 1.165) is 58.1 Å². The van der Waals surface area contributed by atoms with Gasteiger partial charge in [-0.1, -0.05) is 140 Å². The fraction of sp³-hybridized carbons (Fsp3) is 0.333. The summed E-state index contributed by atoms with van der Waals surface area (Å²) < 4.78 is 16.6. The number of anilines is 2. The lowest BCUT2D eigenvalue weighted by molar-refractivity contribution is 0.178. The molecular weight excluding hydrogens is 805 g/mol. The summed E-state index contributed by atoms with van der Waals surface area (Å²) in [5.41, 5.74) is 20.0. The Hall–Kier alpha value is -6.14. The molecule has 2 fully saturated rings. The van der Waals surface area contributed by atoms with E-state index in [0.29, 0.717) is 5.92 Å². The molecule has 0 amide bonds. The molecule has 3 aromatic heterocycles. The summed E-state index contributed by atoms with van der Waals surface area (Å²) in [6, 6.07) is 38.7. The van der Waals surface area contributed by atoms with Crippen LogP contribution in [0.5, 0.6) is 0 Å². The largest absolute Gasteiger partial charge is 0.454 e. The number of benzene rings is 5. The van der Waals surface area contributed by atoms with Gasteiger partial charge in [-0.2, -0.15) is 0 Å². The fourth-order valence-corrected chi connectivity index (χ4v) is 14.1. The van der Waals surface area contributed by atoms with Crippen LogP contribution in [0.3, 0.4) is 0 Å². The molecule has 3 aliphatic heterocycles. The summed E-state index contributed by atoms with van der Waals surface area (Å²) in [5.74, 6) is 0.361. The van der Waals surface area contributed by atoms with Crippen LogP contribution in [-0.2, 0) is 10.8 Å². The number of rotatable bonds is 2. The first-order chi connectivity index (χ1) is 31.7. The van der Waals surface area contributed by atoms with Crippen LogP contribution in [0.25, 0.3) is 60.6 Å². The maximum atomic E-state index is 7.02. The highest BCUT2D eigenvalue weighted by Gasteiger charge is 2.60. The molecule has 8 aromatic rings. The summed E-state index contributed by atoms with van der Waals surface area (Å²) in [5, 5.41) is 4.69. The molecule has 0 bridgehead atoms. The predicted molar refractivity (Wildman–Crippen MR) is 276 cm³/mol. The fourth-order valence-electron chi connectivity index (χ4n) is 14.1. The lowest BCUT2D eigenvalue weighted by atomic mass is 9.31. The average molecular weight is 864 g/mol. The monoisotopic (exact) mass is 863 g/mol. The van der Waals surface area contributed by atoms with Crippen LogP contribution in [-0.4, -0.2) is 22.9 Å². The first kappa shape index (κ1) is 39.1. The Labute approximate surface area is 388 Å². The molecule has 6 aliphatic rings. The number of furan rings is 2. The minimum Gasteiger partial charge on any atom is -0.454 e. The molecule has 14 rings (SSSR count). The normalized spacial score (nSPS) is 24.8. The topological polar surface area (TPSA) is 37.7 Å². The summed E-state index contributed by atoms with van der Waals surface area (Å²) in [4.78, 5) is 5.60. The first-order valence-corrected chi connectivity index (χ1v) is 24.7. The highest BCUT2D eigenvalue weighted by molar-refractivity contribution is 6.91. The maximum Gasteiger partial charge on any atom is 0.251 e. The number of aromatic nitrogens is 1. The van der Waals surface area contributed by atoms with Crippen molar-refractivity contribution >= 4 is 84.2 Å². The molecule has 0 N–H and O–H groups in total. The van der Waals surface area contributed by atoms with Gasteiger partial charge in [0.25, 0.3) is 6.71 Å². The number of hydrogen-bond acceptors (Lipinski definition) is 4. The van der Waals surface area contributed by atoms with Crippen LogP contribution in [0, 0.1) is 11.3 Å². The Morgan fingerprint density at radius 3 is 2.18 bits per heavy atom. The standard InChI is InChI=1S/C60H58BN3O2/c1-57(2,3)35-26-28-45-42(31-35)59(7)29-13-14-30-60(59,8)64(45)37-33-48-52-49(34-37)63-53-41(56-54(63)40-18-10-12-24-51(40)66-56)20-15-21-44(53)61(52)43-27-25-36(58(4,5)6)32-47(43)62(48)46-22-16-19-39-38-17-9-11-23-50(38)65-55(39)46/h9-12,15-24,26-28,31-33,36-37H,13-14,25,29-30,34H2,1-8H3. The van der Waals surface area contributed by atoms with Crippen LogP contribution in [0.2, 0.25) is 0 Å². The van der Waals surface area contributed by atoms with E-state index in [1.54, 1.807) is 0 Å².